The SMILES string of the molecule is CC(C)(C)OC(=O)N[C@@H](Cc1ccccc1)C(=O)N[C@@H](CC(=O)OCc1ccccc1)C(=O)CCl. The van der Waals surface area contributed by atoms with Crippen molar-refractivity contribution >= 4 is 35.4 Å². The largest absolute Gasteiger partial charge is 0.461 e. The Balaban J connectivity index is 2.09. The lowest BCUT2D eigenvalue weighted by Gasteiger charge is -2.25. The second-order valence-corrected chi connectivity index (χ2v) is 9.17. The van der Waals surface area contributed by atoms with E-state index in [1.54, 1.807) is 57.2 Å². The van der Waals surface area contributed by atoms with E-state index in [1.165, 1.54) is 0 Å². The zero-order valence-corrected chi connectivity index (χ0v) is 20.8. The first kappa shape index (κ1) is 27.9. The molecule has 0 radical (unpaired) electrons. The molecule has 0 unspecified atom stereocenters. The molecular weight excluding hydrogens is 472 g/mol. The van der Waals surface area contributed by atoms with Crippen LogP contribution in [0.1, 0.15) is 38.3 Å². The van der Waals surface area contributed by atoms with Gasteiger partial charge in [0.05, 0.1) is 18.3 Å². The number of alkyl carbamates (subject to hydrolysis) is 1. The lowest BCUT2D eigenvalue weighted by molar-refractivity contribution is -0.147. The van der Waals surface area contributed by atoms with Crippen LogP contribution in [0.4, 0.5) is 4.79 Å². The molecule has 2 atom stereocenters. The number of benzene rings is 2. The number of halogens is 1. The Labute approximate surface area is 210 Å². The van der Waals surface area contributed by atoms with Crippen LogP contribution in [0.15, 0.2) is 60.7 Å². The van der Waals surface area contributed by atoms with Gasteiger partial charge in [-0.25, -0.2) is 4.79 Å². The molecule has 2 aromatic rings. The molecule has 0 aromatic heterocycles. The predicted molar refractivity (Wildman–Crippen MR) is 132 cm³/mol. The van der Waals surface area contributed by atoms with Crippen LogP contribution >= 0.6 is 11.6 Å². The first-order valence-electron chi connectivity index (χ1n) is 11.2. The van der Waals surface area contributed by atoms with E-state index in [2.05, 4.69) is 10.6 Å². The molecule has 0 heterocycles. The summed E-state index contributed by atoms with van der Waals surface area (Å²) in [5, 5.41) is 5.09. The number of ketones is 1. The van der Waals surface area contributed by atoms with Crippen LogP contribution < -0.4 is 10.6 Å². The van der Waals surface area contributed by atoms with Crippen molar-refractivity contribution in [1.82, 2.24) is 10.6 Å². The summed E-state index contributed by atoms with van der Waals surface area (Å²) in [6.45, 7) is 5.14. The van der Waals surface area contributed by atoms with Crippen LogP contribution in [0, 0.1) is 0 Å². The number of hydrogen-bond donors (Lipinski definition) is 2. The zero-order chi connectivity index (χ0) is 25.8. The summed E-state index contributed by atoms with van der Waals surface area (Å²) in [5.41, 5.74) is 0.804. The summed E-state index contributed by atoms with van der Waals surface area (Å²) in [4.78, 5) is 50.2. The number of esters is 1. The van der Waals surface area contributed by atoms with Gasteiger partial charge in [-0.15, -0.1) is 11.6 Å². The highest BCUT2D eigenvalue weighted by Gasteiger charge is 2.30. The van der Waals surface area contributed by atoms with Crippen molar-refractivity contribution in [3.63, 3.8) is 0 Å². The van der Waals surface area contributed by atoms with Crippen molar-refractivity contribution in [2.24, 2.45) is 0 Å². The Kier molecular flexibility index (Phi) is 10.7. The fourth-order valence-electron chi connectivity index (χ4n) is 3.08. The second-order valence-electron chi connectivity index (χ2n) is 8.90. The van der Waals surface area contributed by atoms with Crippen molar-refractivity contribution in [2.75, 3.05) is 5.88 Å². The molecule has 2 amide bonds. The third-order valence-corrected chi connectivity index (χ3v) is 5.00. The lowest BCUT2D eigenvalue weighted by atomic mass is 10.0. The van der Waals surface area contributed by atoms with E-state index in [1.807, 2.05) is 24.3 Å². The average molecular weight is 503 g/mol. The summed E-state index contributed by atoms with van der Waals surface area (Å²) in [7, 11) is 0. The minimum atomic E-state index is -1.21. The molecule has 0 aliphatic rings. The fourth-order valence-corrected chi connectivity index (χ4v) is 3.27. The Hall–Kier alpha value is -3.39. The van der Waals surface area contributed by atoms with E-state index in [9.17, 15) is 19.2 Å². The maximum atomic E-state index is 13.1. The number of alkyl halides is 1. The molecule has 188 valence electrons. The van der Waals surface area contributed by atoms with Gasteiger partial charge in [0, 0.05) is 6.42 Å². The maximum absolute atomic E-state index is 13.1. The number of hydrogen-bond acceptors (Lipinski definition) is 6. The van der Waals surface area contributed by atoms with E-state index in [0.29, 0.717) is 0 Å². The minimum Gasteiger partial charge on any atom is -0.461 e. The van der Waals surface area contributed by atoms with Crippen LogP contribution in [0.2, 0.25) is 0 Å². The van der Waals surface area contributed by atoms with E-state index in [-0.39, 0.29) is 13.0 Å². The standard InChI is InChI=1S/C26H31ClN2O6/c1-26(2,3)35-25(33)29-21(14-18-10-6-4-7-11-18)24(32)28-20(22(30)16-27)15-23(31)34-17-19-12-8-5-9-13-19/h4-13,20-21H,14-17H2,1-3H3,(H,28,32)(H,29,33)/t20-,21-/m0/s1. The van der Waals surface area contributed by atoms with E-state index >= 15 is 0 Å². The molecule has 0 fully saturated rings. The number of ether oxygens (including phenoxy) is 2. The molecule has 0 saturated heterocycles. The first-order chi connectivity index (χ1) is 16.6. The van der Waals surface area contributed by atoms with Crippen LogP contribution in [0.3, 0.4) is 0 Å². The number of Topliss-reactive ketones (excluding diaryl/α,β-unsaturated/α-hetero) is 1. The van der Waals surface area contributed by atoms with E-state index in [0.717, 1.165) is 11.1 Å². The minimum absolute atomic E-state index is 0.0340. The van der Waals surface area contributed by atoms with Crippen LogP contribution in [0.5, 0.6) is 0 Å². The Morgan fingerprint density at radius 3 is 1.97 bits per heavy atom. The first-order valence-corrected chi connectivity index (χ1v) is 11.7. The molecule has 8 nitrogen and oxygen atoms in total. The lowest BCUT2D eigenvalue weighted by Crippen LogP contribution is -2.53. The van der Waals surface area contributed by atoms with Gasteiger partial charge in [-0.3, -0.25) is 14.4 Å². The van der Waals surface area contributed by atoms with Gasteiger partial charge < -0.3 is 20.1 Å². The predicted octanol–water partition coefficient (Wildman–Crippen LogP) is 3.55. The van der Waals surface area contributed by atoms with Gasteiger partial charge in [0.25, 0.3) is 0 Å². The number of nitrogens with one attached hydrogen (secondary N) is 2. The molecule has 2 N–H and O–H groups in total. The molecule has 35 heavy (non-hydrogen) atoms. The number of amides is 2. The smallest absolute Gasteiger partial charge is 0.408 e. The summed E-state index contributed by atoms with van der Waals surface area (Å²) < 4.78 is 10.5. The van der Waals surface area contributed by atoms with Crippen molar-refractivity contribution in [3.8, 4) is 0 Å². The molecule has 0 bridgehead atoms. The molecule has 0 saturated carbocycles. The highest BCUT2D eigenvalue weighted by atomic mass is 35.5. The Morgan fingerprint density at radius 1 is 0.857 bits per heavy atom. The highest BCUT2D eigenvalue weighted by molar-refractivity contribution is 6.28. The fraction of sp³-hybridized carbons (Fsp3) is 0.385. The van der Waals surface area contributed by atoms with Crippen molar-refractivity contribution < 1.29 is 28.7 Å². The van der Waals surface area contributed by atoms with Crippen molar-refractivity contribution in [3.05, 3.63) is 71.8 Å². The molecule has 2 rings (SSSR count). The van der Waals surface area contributed by atoms with Crippen molar-refractivity contribution in [2.45, 2.75) is 57.9 Å². The van der Waals surface area contributed by atoms with Gasteiger partial charge in [0.1, 0.15) is 18.2 Å². The molecule has 0 aliphatic heterocycles. The molecule has 2 aromatic carbocycles. The quantitative estimate of drug-likeness (QED) is 0.359. The van der Waals surface area contributed by atoms with Crippen molar-refractivity contribution in [1.29, 1.82) is 0 Å². The molecule has 0 spiro atoms. The molecule has 0 aliphatic carbocycles. The summed E-state index contributed by atoms with van der Waals surface area (Å²) in [5.74, 6) is -2.27. The van der Waals surface area contributed by atoms with Gasteiger partial charge in [0.2, 0.25) is 5.91 Å². The normalized spacial score (nSPS) is 12.7. The van der Waals surface area contributed by atoms with Crippen LogP contribution in [-0.4, -0.2) is 47.3 Å². The van der Waals surface area contributed by atoms with E-state index < -0.39 is 53.7 Å². The topological polar surface area (TPSA) is 111 Å². The van der Waals surface area contributed by atoms with Crippen LogP contribution in [-0.2, 0) is 36.9 Å². The number of carbonyl (C=O) groups is 4. The van der Waals surface area contributed by atoms with Crippen LogP contribution in [0.25, 0.3) is 0 Å². The average Bonchev–Trinajstić information content (AvgIpc) is 2.81. The highest BCUT2D eigenvalue weighted by Crippen LogP contribution is 2.10. The van der Waals surface area contributed by atoms with Gasteiger partial charge in [0.15, 0.2) is 5.78 Å². The third-order valence-electron chi connectivity index (χ3n) is 4.74. The maximum Gasteiger partial charge on any atom is 0.408 e. The number of rotatable bonds is 11. The van der Waals surface area contributed by atoms with Gasteiger partial charge in [-0.05, 0) is 31.9 Å². The van der Waals surface area contributed by atoms with E-state index in [4.69, 9.17) is 21.1 Å². The molecule has 9 heteroatoms. The number of carbonyl (C=O) groups excluding carboxylic acids is 4. The second kappa shape index (κ2) is 13.5. The Bertz CT molecular complexity index is 992. The zero-order valence-electron chi connectivity index (χ0n) is 20.1. The summed E-state index contributed by atoms with van der Waals surface area (Å²) >= 11 is 5.71. The van der Waals surface area contributed by atoms with Gasteiger partial charge in [-0.2, -0.15) is 0 Å². The Morgan fingerprint density at radius 2 is 1.43 bits per heavy atom. The summed E-state index contributed by atoms with van der Waals surface area (Å²) in [6.07, 6.45) is -1.03. The van der Waals surface area contributed by atoms with Gasteiger partial charge >= 0.3 is 12.1 Å². The third kappa shape index (κ3) is 10.6. The summed E-state index contributed by atoms with van der Waals surface area (Å²) in [6, 6.07) is 15.9. The van der Waals surface area contributed by atoms with Gasteiger partial charge in [-0.1, -0.05) is 60.7 Å². The molecular formula is C26H31ClN2O6. The monoisotopic (exact) mass is 502 g/mol.